The third kappa shape index (κ3) is 14.5. The summed E-state index contributed by atoms with van der Waals surface area (Å²) in [5, 5.41) is 23.6. The van der Waals surface area contributed by atoms with Crippen molar-refractivity contribution < 1.29 is 15.0 Å². The van der Waals surface area contributed by atoms with Crippen LogP contribution in [0.5, 0.6) is 0 Å². The molecule has 5 nitrogen and oxygen atoms in total. The van der Waals surface area contributed by atoms with E-state index in [1.54, 1.807) is 0 Å². The second-order valence-corrected chi connectivity index (χ2v) is 14.5. The quantitative estimate of drug-likeness (QED) is 0.114. The molecule has 3 aromatic carbocycles. The normalized spacial score (nSPS) is 13.4. The average Bonchev–Trinajstić information content (AvgIpc) is 3.88. The van der Waals surface area contributed by atoms with Gasteiger partial charge >= 0.3 is 0 Å². The standard InChI is InChI=1S/C33H34ClNOS.C6H15N.C2H4O2/c1-33(2,36)30-9-4-3-7-25(30)15-19-32(37-22-24-10-11-24)27-8-5-6-23(20-27)12-17-29-18-14-26-13-16-28(34)21-31(26)35-29;1-3-5-7-6-4-2;1-2(3)4/h3-9,12-14,16-18,20-21,24,32,36H,10-11,15,19,22H2,1-2H3;7H,3-6H2,1-2H3;1H3,(H,3,4)/t32-;;/m1../s1. The highest BCUT2D eigenvalue weighted by Crippen LogP contribution is 2.41. The van der Waals surface area contributed by atoms with E-state index < -0.39 is 11.6 Å². The highest BCUT2D eigenvalue weighted by atomic mass is 35.5. The molecule has 1 heterocycles. The van der Waals surface area contributed by atoms with Gasteiger partial charge in [0, 0.05) is 22.6 Å². The minimum Gasteiger partial charge on any atom is -0.481 e. The Morgan fingerprint density at radius 3 is 2.35 bits per heavy atom. The Kier molecular flexibility index (Phi) is 16.7. The number of rotatable bonds is 14. The molecular formula is C41H53ClN2O3S. The smallest absolute Gasteiger partial charge is 0.300 e. The Balaban J connectivity index is 0.000000493. The molecule has 4 aromatic rings. The number of thioether (sulfide) groups is 1. The van der Waals surface area contributed by atoms with Gasteiger partial charge in [-0.15, -0.1) is 0 Å². The van der Waals surface area contributed by atoms with Crippen LogP contribution in [0, 0.1) is 5.92 Å². The third-order valence-electron chi connectivity index (χ3n) is 7.84. The lowest BCUT2D eigenvalue weighted by Crippen LogP contribution is -2.18. The predicted molar refractivity (Wildman–Crippen MR) is 207 cm³/mol. The number of nitrogens with zero attached hydrogens (tertiary/aromatic N) is 1. The van der Waals surface area contributed by atoms with Crippen LogP contribution < -0.4 is 5.32 Å². The maximum atomic E-state index is 10.7. The number of aryl methyl sites for hydroxylation is 1. The topological polar surface area (TPSA) is 82.5 Å². The summed E-state index contributed by atoms with van der Waals surface area (Å²) in [6.07, 6.45) is 11.5. The van der Waals surface area contributed by atoms with Crippen molar-refractivity contribution >= 4 is 52.4 Å². The van der Waals surface area contributed by atoms with Gasteiger partial charge in [0.1, 0.15) is 0 Å². The molecule has 3 N–H and O–H groups in total. The Morgan fingerprint density at radius 2 is 1.69 bits per heavy atom. The fourth-order valence-corrected chi connectivity index (χ4v) is 6.85. The van der Waals surface area contributed by atoms with Crippen LogP contribution in [0.3, 0.4) is 0 Å². The van der Waals surface area contributed by atoms with Crippen LogP contribution in [-0.4, -0.2) is 40.0 Å². The van der Waals surface area contributed by atoms with Crippen LogP contribution in [0.1, 0.15) is 99.9 Å². The molecule has 1 atom stereocenters. The molecule has 7 heteroatoms. The number of nitrogens with one attached hydrogen (secondary N) is 1. The van der Waals surface area contributed by atoms with Crippen LogP contribution >= 0.6 is 23.4 Å². The zero-order valence-electron chi connectivity index (χ0n) is 29.2. The lowest BCUT2D eigenvalue weighted by molar-refractivity contribution is -0.134. The molecule has 0 aliphatic heterocycles. The number of aromatic nitrogens is 1. The first-order chi connectivity index (χ1) is 23.0. The third-order valence-corrected chi connectivity index (χ3v) is 9.65. The molecule has 0 radical (unpaired) electrons. The molecule has 258 valence electrons. The molecule has 1 aliphatic carbocycles. The van der Waals surface area contributed by atoms with Gasteiger partial charge in [-0.05, 0) is 124 Å². The van der Waals surface area contributed by atoms with Gasteiger partial charge in [-0.3, -0.25) is 4.79 Å². The fraction of sp³-hybridized carbons (Fsp3) is 0.415. The monoisotopic (exact) mass is 688 g/mol. The number of aliphatic carboxylic acids is 1. The van der Waals surface area contributed by atoms with E-state index in [4.69, 9.17) is 26.5 Å². The predicted octanol–water partition coefficient (Wildman–Crippen LogP) is 10.6. The number of hydrogen-bond acceptors (Lipinski definition) is 5. The van der Waals surface area contributed by atoms with E-state index in [0.717, 1.165) is 47.8 Å². The van der Waals surface area contributed by atoms with E-state index in [2.05, 4.69) is 91.6 Å². The van der Waals surface area contributed by atoms with Crippen LogP contribution in [0.4, 0.5) is 0 Å². The first kappa shape index (κ1) is 39.3. The van der Waals surface area contributed by atoms with Crippen molar-refractivity contribution in [1.29, 1.82) is 0 Å². The van der Waals surface area contributed by atoms with Gasteiger partial charge in [-0.2, -0.15) is 11.8 Å². The maximum Gasteiger partial charge on any atom is 0.300 e. The first-order valence-corrected chi connectivity index (χ1v) is 18.6. The van der Waals surface area contributed by atoms with E-state index in [-0.39, 0.29) is 0 Å². The minimum absolute atomic E-state index is 0.421. The zero-order chi connectivity index (χ0) is 34.9. The van der Waals surface area contributed by atoms with Crippen LogP contribution in [0.15, 0.2) is 78.9 Å². The van der Waals surface area contributed by atoms with Gasteiger partial charge in [-0.1, -0.05) is 92.2 Å². The van der Waals surface area contributed by atoms with Crippen molar-refractivity contribution in [3.63, 3.8) is 0 Å². The molecule has 0 saturated heterocycles. The molecule has 1 fully saturated rings. The SMILES string of the molecule is CC(=O)O.CC(C)(O)c1ccccc1CC[C@@H](SCC1CC1)c1cccc(C=Cc2ccc3ccc(Cl)cc3n2)c1.CCCNCCC. The maximum absolute atomic E-state index is 10.7. The molecule has 0 unspecified atom stereocenters. The number of carboxylic acids is 1. The van der Waals surface area contributed by atoms with E-state index in [1.807, 2.05) is 44.2 Å². The molecule has 1 aliphatic rings. The number of benzene rings is 3. The number of fused-ring (bicyclic) bond motifs is 1. The van der Waals surface area contributed by atoms with E-state index in [9.17, 15) is 5.11 Å². The summed E-state index contributed by atoms with van der Waals surface area (Å²) in [4.78, 5) is 13.8. The number of halogens is 1. The zero-order valence-corrected chi connectivity index (χ0v) is 30.8. The molecule has 5 rings (SSSR count). The summed E-state index contributed by atoms with van der Waals surface area (Å²) in [5.74, 6) is 1.27. The largest absolute Gasteiger partial charge is 0.481 e. The van der Waals surface area contributed by atoms with Gasteiger partial charge < -0.3 is 15.5 Å². The van der Waals surface area contributed by atoms with Crippen molar-refractivity contribution in [1.82, 2.24) is 10.3 Å². The average molecular weight is 689 g/mol. The summed E-state index contributed by atoms with van der Waals surface area (Å²) in [7, 11) is 0. The Morgan fingerprint density at radius 1 is 1.00 bits per heavy atom. The summed E-state index contributed by atoms with van der Waals surface area (Å²) in [6, 6.07) is 27.2. The second kappa shape index (κ2) is 20.4. The van der Waals surface area contributed by atoms with E-state index in [1.165, 1.54) is 61.2 Å². The Hall–Kier alpha value is -3.16. The van der Waals surface area contributed by atoms with Gasteiger partial charge in [0.05, 0.1) is 16.8 Å². The van der Waals surface area contributed by atoms with Crippen molar-refractivity contribution in [3.8, 4) is 0 Å². The van der Waals surface area contributed by atoms with Gasteiger partial charge in [0.25, 0.3) is 5.97 Å². The molecule has 1 aromatic heterocycles. The highest BCUT2D eigenvalue weighted by Gasteiger charge is 2.25. The van der Waals surface area contributed by atoms with Crippen molar-refractivity contribution in [2.24, 2.45) is 5.92 Å². The highest BCUT2D eigenvalue weighted by molar-refractivity contribution is 7.99. The van der Waals surface area contributed by atoms with Crippen molar-refractivity contribution in [2.75, 3.05) is 18.8 Å². The van der Waals surface area contributed by atoms with E-state index in [0.29, 0.717) is 10.3 Å². The molecule has 0 bridgehead atoms. The number of aliphatic hydroxyl groups is 1. The number of pyridine rings is 1. The van der Waals surface area contributed by atoms with Crippen LogP contribution in [0.2, 0.25) is 5.02 Å². The summed E-state index contributed by atoms with van der Waals surface area (Å²) >= 11 is 8.26. The van der Waals surface area contributed by atoms with Gasteiger partial charge in [0.2, 0.25) is 0 Å². The number of hydrogen-bond donors (Lipinski definition) is 3. The Bertz CT molecular complexity index is 1590. The van der Waals surface area contributed by atoms with Crippen LogP contribution in [-0.2, 0) is 16.8 Å². The Labute approximate surface area is 297 Å². The number of carboxylic acid groups (broad SMARTS) is 1. The lowest BCUT2D eigenvalue weighted by atomic mass is 9.90. The molecule has 48 heavy (non-hydrogen) atoms. The second-order valence-electron chi connectivity index (χ2n) is 12.9. The van der Waals surface area contributed by atoms with Crippen molar-refractivity contribution in [3.05, 3.63) is 112 Å². The van der Waals surface area contributed by atoms with Crippen LogP contribution in [0.25, 0.3) is 23.1 Å². The molecule has 0 amide bonds. The number of carbonyl (C=O) groups is 1. The van der Waals surface area contributed by atoms with E-state index >= 15 is 0 Å². The molecule has 1 saturated carbocycles. The summed E-state index contributed by atoms with van der Waals surface area (Å²) in [6.45, 7) is 11.5. The van der Waals surface area contributed by atoms with Gasteiger partial charge in [-0.25, -0.2) is 4.98 Å². The molecule has 0 spiro atoms. The van der Waals surface area contributed by atoms with Gasteiger partial charge in [0.15, 0.2) is 0 Å². The lowest BCUT2D eigenvalue weighted by Gasteiger charge is -2.23. The first-order valence-electron chi connectivity index (χ1n) is 17.2. The van der Waals surface area contributed by atoms with Crippen molar-refractivity contribution in [2.45, 2.75) is 84.0 Å². The fourth-order valence-electron chi connectivity index (χ4n) is 5.23. The minimum atomic E-state index is -0.833. The molecular weight excluding hydrogens is 636 g/mol. The summed E-state index contributed by atoms with van der Waals surface area (Å²) in [5.41, 5.74) is 5.81. The summed E-state index contributed by atoms with van der Waals surface area (Å²) < 4.78 is 0.